The molecule has 0 fully saturated rings. The van der Waals surface area contributed by atoms with Crippen LogP contribution in [0.3, 0.4) is 0 Å². The van der Waals surface area contributed by atoms with Crippen molar-refractivity contribution < 1.29 is 10.2 Å². The van der Waals surface area contributed by atoms with E-state index < -0.39 is 0 Å². The lowest BCUT2D eigenvalue weighted by molar-refractivity contribution is 0.475. The van der Waals surface area contributed by atoms with Gasteiger partial charge >= 0.3 is 0 Å². The zero-order valence-electron chi connectivity index (χ0n) is 11.2. The highest BCUT2D eigenvalue weighted by Crippen LogP contribution is 2.32. The van der Waals surface area contributed by atoms with Gasteiger partial charge in [0, 0.05) is 4.90 Å². The Balaban J connectivity index is 2.07. The van der Waals surface area contributed by atoms with Gasteiger partial charge in [-0.3, -0.25) is 0 Å². The summed E-state index contributed by atoms with van der Waals surface area (Å²) in [7, 11) is 0. The first kappa shape index (κ1) is 13.6. The quantitative estimate of drug-likeness (QED) is 0.598. The summed E-state index contributed by atoms with van der Waals surface area (Å²) in [6.07, 6.45) is 0. The first-order chi connectivity index (χ1) is 10.1. The van der Waals surface area contributed by atoms with Crippen molar-refractivity contribution in [3.8, 4) is 33.8 Å². The van der Waals surface area contributed by atoms with Crippen molar-refractivity contribution >= 4 is 12.6 Å². The molecule has 0 aromatic heterocycles. The Kier molecular flexibility index (Phi) is 3.59. The summed E-state index contributed by atoms with van der Waals surface area (Å²) < 4.78 is 0. The Morgan fingerprint density at radius 2 is 1.05 bits per heavy atom. The van der Waals surface area contributed by atoms with Crippen LogP contribution in [-0.4, -0.2) is 10.2 Å². The summed E-state index contributed by atoms with van der Waals surface area (Å²) in [5, 5.41) is 18.8. The Labute approximate surface area is 128 Å². The largest absolute Gasteiger partial charge is 0.508 e. The molecular formula is C18H14O2S. The number of benzene rings is 3. The van der Waals surface area contributed by atoms with Crippen molar-refractivity contribution in [1.29, 1.82) is 0 Å². The highest BCUT2D eigenvalue weighted by Gasteiger charge is 2.06. The van der Waals surface area contributed by atoms with Crippen LogP contribution in [0.2, 0.25) is 0 Å². The highest BCUT2D eigenvalue weighted by atomic mass is 32.1. The maximum atomic E-state index is 9.39. The van der Waals surface area contributed by atoms with Crippen LogP contribution in [0, 0.1) is 0 Å². The number of hydrogen-bond acceptors (Lipinski definition) is 3. The monoisotopic (exact) mass is 294 g/mol. The molecule has 0 bridgehead atoms. The van der Waals surface area contributed by atoms with Gasteiger partial charge in [-0.2, -0.15) is 0 Å². The minimum Gasteiger partial charge on any atom is -0.508 e. The van der Waals surface area contributed by atoms with Gasteiger partial charge in [0.25, 0.3) is 0 Å². The fourth-order valence-corrected chi connectivity index (χ4v) is 2.51. The fourth-order valence-electron chi connectivity index (χ4n) is 2.24. The van der Waals surface area contributed by atoms with Crippen molar-refractivity contribution in [3.05, 3.63) is 66.7 Å². The molecule has 0 saturated heterocycles. The molecule has 0 heterocycles. The van der Waals surface area contributed by atoms with E-state index in [4.69, 9.17) is 0 Å². The van der Waals surface area contributed by atoms with E-state index in [1.54, 1.807) is 24.3 Å². The van der Waals surface area contributed by atoms with E-state index in [1.165, 1.54) is 0 Å². The summed E-state index contributed by atoms with van der Waals surface area (Å²) >= 11 is 4.51. The molecule has 2 nitrogen and oxygen atoms in total. The minimum absolute atomic E-state index is 0.245. The summed E-state index contributed by atoms with van der Waals surface area (Å²) in [6, 6.07) is 20.2. The van der Waals surface area contributed by atoms with E-state index in [2.05, 4.69) is 18.7 Å². The van der Waals surface area contributed by atoms with Crippen LogP contribution in [0.25, 0.3) is 22.3 Å². The van der Waals surface area contributed by atoms with E-state index in [-0.39, 0.29) is 11.5 Å². The van der Waals surface area contributed by atoms with Gasteiger partial charge in [0.15, 0.2) is 0 Å². The second-order valence-electron chi connectivity index (χ2n) is 4.83. The fraction of sp³-hybridized carbons (Fsp3) is 0. The van der Waals surface area contributed by atoms with Crippen LogP contribution in [-0.2, 0) is 0 Å². The second kappa shape index (κ2) is 5.54. The minimum atomic E-state index is 0.245. The van der Waals surface area contributed by atoms with Gasteiger partial charge in [-0.05, 0) is 58.7 Å². The third-order valence-electron chi connectivity index (χ3n) is 3.38. The van der Waals surface area contributed by atoms with Crippen LogP contribution in [0.5, 0.6) is 11.5 Å². The molecule has 3 aromatic carbocycles. The van der Waals surface area contributed by atoms with Crippen LogP contribution in [0.1, 0.15) is 0 Å². The molecule has 0 radical (unpaired) electrons. The molecule has 3 heteroatoms. The van der Waals surface area contributed by atoms with Gasteiger partial charge in [0.2, 0.25) is 0 Å². The van der Waals surface area contributed by atoms with Gasteiger partial charge in [-0.1, -0.05) is 30.3 Å². The molecule has 0 amide bonds. The maximum absolute atomic E-state index is 9.39. The lowest BCUT2D eigenvalue weighted by Gasteiger charge is -2.09. The van der Waals surface area contributed by atoms with Crippen LogP contribution >= 0.6 is 12.6 Å². The molecule has 2 N–H and O–H groups in total. The van der Waals surface area contributed by atoms with Crippen molar-refractivity contribution in [2.45, 2.75) is 4.90 Å². The predicted molar refractivity (Wildman–Crippen MR) is 87.9 cm³/mol. The van der Waals surface area contributed by atoms with E-state index in [0.29, 0.717) is 0 Å². The third-order valence-corrected chi connectivity index (χ3v) is 3.77. The zero-order chi connectivity index (χ0) is 14.8. The molecule has 0 aliphatic carbocycles. The van der Waals surface area contributed by atoms with Crippen molar-refractivity contribution in [2.24, 2.45) is 0 Å². The zero-order valence-corrected chi connectivity index (χ0v) is 12.1. The average molecular weight is 294 g/mol. The second-order valence-corrected chi connectivity index (χ2v) is 5.31. The van der Waals surface area contributed by atoms with Crippen molar-refractivity contribution in [1.82, 2.24) is 0 Å². The van der Waals surface area contributed by atoms with E-state index in [9.17, 15) is 10.2 Å². The average Bonchev–Trinajstić information content (AvgIpc) is 2.50. The van der Waals surface area contributed by atoms with Crippen LogP contribution in [0.15, 0.2) is 71.6 Å². The number of hydrogen-bond donors (Lipinski definition) is 3. The Morgan fingerprint density at radius 1 is 0.571 bits per heavy atom. The standard InChI is InChI=1S/C18H14O2S/c19-15-6-1-12(2-7-15)14-5-10-18(21)17(11-14)13-3-8-16(20)9-4-13/h1-11,19-21H. The third kappa shape index (κ3) is 2.88. The van der Waals surface area contributed by atoms with Crippen molar-refractivity contribution in [3.63, 3.8) is 0 Å². The van der Waals surface area contributed by atoms with Gasteiger partial charge in [0.05, 0.1) is 0 Å². The number of thiol groups is 1. The van der Waals surface area contributed by atoms with E-state index >= 15 is 0 Å². The smallest absolute Gasteiger partial charge is 0.115 e. The summed E-state index contributed by atoms with van der Waals surface area (Å²) in [5.74, 6) is 0.498. The molecular weight excluding hydrogens is 280 g/mol. The lowest BCUT2D eigenvalue weighted by Crippen LogP contribution is -1.84. The summed E-state index contributed by atoms with van der Waals surface area (Å²) in [6.45, 7) is 0. The van der Waals surface area contributed by atoms with Gasteiger partial charge in [0.1, 0.15) is 11.5 Å². The Morgan fingerprint density at radius 3 is 1.62 bits per heavy atom. The van der Waals surface area contributed by atoms with Crippen molar-refractivity contribution in [2.75, 3.05) is 0 Å². The number of phenols is 2. The van der Waals surface area contributed by atoms with Gasteiger partial charge in [-0.15, -0.1) is 12.6 Å². The molecule has 0 atom stereocenters. The first-order valence-electron chi connectivity index (χ1n) is 6.55. The molecule has 3 rings (SSSR count). The SMILES string of the molecule is Oc1ccc(-c2ccc(S)c(-c3ccc(O)cc3)c2)cc1. The topological polar surface area (TPSA) is 40.5 Å². The molecule has 0 saturated carbocycles. The molecule has 0 spiro atoms. The Hall–Kier alpha value is -2.39. The van der Waals surface area contributed by atoms with Crippen LogP contribution < -0.4 is 0 Å². The number of phenolic OH excluding ortho intramolecular Hbond substituents is 2. The Bertz CT molecular complexity index is 762. The molecule has 0 unspecified atom stereocenters. The number of aromatic hydroxyl groups is 2. The normalized spacial score (nSPS) is 10.5. The first-order valence-corrected chi connectivity index (χ1v) is 7.00. The molecule has 0 aliphatic heterocycles. The molecule has 104 valence electrons. The lowest BCUT2D eigenvalue weighted by atomic mass is 9.99. The molecule has 21 heavy (non-hydrogen) atoms. The van der Waals surface area contributed by atoms with E-state index in [0.717, 1.165) is 27.1 Å². The van der Waals surface area contributed by atoms with E-state index in [1.807, 2.05) is 36.4 Å². The van der Waals surface area contributed by atoms with Crippen LogP contribution in [0.4, 0.5) is 0 Å². The maximum Gasteiger partial charge on any atom is 0.115 e. The molecule has 3 aromatic rings. The number of rotatable bonds is 2. The predicted octanol–water partition coefficient (Wildman–Crippen LogP) is 4.72. The summed E-state index contributed by atoms with van der Waals surface area (Å²) in [4.78, 5) is 0.878. The summed E-state index contributed by atoms with van der Waals surface area (Å²) in [5.41, 5.74) is 4.08. The molecule has 0 aliphatic rings. The highest BCUT2D eigenvalue weighted by molar-refractivity contribution is 7.80. The van der Waals surface area contributed by atoms with Gasteiger partial charge < -0.3 is 10.2 Å². The van der Waals surface area contributed by atoms with Gasteiger partial charge in [-0.25, -0.2) is 0 Å².